The first kappa shape index (κ1) is 23.2. The van der Waals surface area contributed by atoms with Crippen molar-refractivity contribution in [2.75, 3.05) is 60.4 Å². The van der Waals surface area contributed by atoms with Gasteiger partial charge in [0.05, 0.1) is 0 Å². The van der Waals surface area contributed by atoms with Gasteiger partial charge in [-0.15, -0.1) is 0 Å². The molecule has 0 spiro atoms. The molecule has 0 aliphatic carbocycles. The fraction of sp³-hybridized carbons (Fsp3) is 1.00. The van der Waals surface area contributed by atoms with Crippen molar-refractivity contribution >= 4 is 0 Å². The number of rotatable bonds is 0. The lowest BCUT2D eigenvalue weighted by Crippen LogP contribution is -2.24. The van der Waals surface area contributed by atoms with Gasteiger partial charge in [-0.05, 0) is 98.9 Å². The Bertz CT molecular complexity index is 177. The van der Waals surface area contributed by atoms with Crippen LogP contribution in [0.25, 0.3) is 0 Å². The second kappa shape index (κ2) is 14.8. The van der Waals surface area contributed by atoms with Gasteiger partial charge >= 0.3 is 0 Å². The van der Waals surface area contributed by atoms with Gasteiger partial charge in [0.25, 0.3) is 0 Å². The molecule has 3 saturated heterocycles. The van der Waals surface area contributed by atoms with Crippen molar-refractivity contribution in [2.24, 2.45) is 0 Å². The summed E-state index contributed by atoms with van der Waals surface area (Å²) in [4.78, 5) is 7.11. The van der Waals surface area contributed by atoms with Gasteiger partial charge < -0.3 is 14.7 Å². The molecule has 0 aromatic heterocycles. The Balaban J connectivity index is 0. The third kappa shape index (κ3) is 13.3. The molecule has 3 heteroatoms. The second-order valence-corrected chi connectivity index (χ2v) is 6.38. The SMILES string of the molecule is C.C.CN1CCCC1.CN1CCCC1.CN1CCCCC1. The third-order valence-corrected chi connectivity index (χ3v) is 4.24. The standard InChI is InChI=1S/C6H13N.2C5H11N.2CH4/c1-7-5-3-2-4-6-7;2*1-6-4-2-3-5-6;;/h2-6H2,1H3;2*2-5H2,1H3;2*1H4. The van der Waals surface area contributed by atoms with E-state index in [9.17, 15) is 0 Å². The van der Waals surface area contributed by atoms with E-state index in [0.29, 0.717) is 0 Å². The minimum absolute atomic E-state index is 0. The highest BCUT2D eigenvalue weighted by Gasteiger charge is 2.04. The summed E-state index contributed by atoms with van der Waals surface area (Å²) in [6.45, 7) is 7.92. The molecule has 0 aromatic rings. The highest BCUT2D eigenvalue weighted by atomic mass is 15.1. The zero-order valence-electron chi connectivity index (χ0n) is 13.5. The summed E-state index contributed by atoms with van der Waals surface area (Å²) in [6, 6.07) is 0. The van der Waals surface area contributed by atoms with Crippen molar-refractivity contribution < 1.29 is 0 Å². The van der Waals surface area contributed by atoms with Gasteiger partial charge in [0, 0.05) is 0 Å². The fourth-order valence-electron chi connectivity index (χ4n) is 2.80. The first-order valence-corrected chi connectivity index (χ1v) is 8.24. The molecule has 3 fully saturated rings. The van der Waals surface area contributed by atoms with E-state index in [0.717, 1.165) is 0 Å². The van der Waals surface area contributed by atoms with E-state index in [1.165, 1.54) is 84.2 Å². The summed E-state index contributed by atoms with van der Waals surface area (Å²) in [5, 5.41) is 0. The van der Waals surface area contributed by atoms with Gasteiger partial charge in [0.2, 0.25) is 0 Å². The quantitative estimate of drug-likeness (QED) is 0.674. The average molecular weight is 302 g/mol. The first-order valence-electron chi connectivity index (χ1n) is 8.24. The molecule has 0 bridgehead atoms. The molecule has 0 saturated carbocycles. The Morgan fingerprint density at radius 2 is 0.571 bits per heavy atom. The van der Waals surface area contributed by atoms with Crippen LogP contribution in [0.5, 0.6) is 0 Å². The number of piperidine rings is 1. The number of hydrogen-bond acceptors (Lipinski definition) is 3. The van der Waals surface area contributed by atoms with Crippen molar-refractivity contribution in [1.29, 1.82) is 0 Å². The minimum Gasteiger partial charge on any atom is -0.306 e. The van der Waals surface area contributed by atoms with E-state index in [-0.39, 0.29) is 14.9 Å². The summed E-state index contributed by atoms with van der Waals surface area (Å²) >= 11 is 0. The van der Waals surface area contributed by atoms with Crippen LogP contribution in [0.1, 0.15) is 59.8 Å². The van der Waals surface area contributed by atoms with Crippen molar-refractivity contribution in [3.8, 4) is 0 Å². The highest BCUT2D eigenvalue weighted by molar-refractivity contribution is 4.60. The molecule has 21 heavy (non-hydrogen) atoms. The van der Waals surface area contributed by atoms with Crippen LogP contribution in [0.2, 0.25) is 0 Å². The molecule has 3 aliphatic heterocycles. The lowest BCUT2D eigenvalue weighted by atomic mass is 10.1. The minimum atomic E-state index is 0. The Labute approximate surface area is 135 Å². The molecule has 130 valence electrons. The van der Waals surface area contributed by atoms with Crippen LogP contribution >= 0.6 is 0 Å². The predicted octanol–water partition coefficient (Wildman–Crippen LogP) is 3.80. The molecule has 3 nitrogen and oxygen atoms in total. The normalized spacial score (nSPS) is 23.0. The summed E-state index contributed by atoms with van der Waals surface area (Å²) in [6.07, 6.45) is 9.93. The Kier molecular flexibility index (Phi) is 16.3. The third-order valence-electron chi connectivity index (χ3n) is 4.24. The molecule has 3 heterocycles. The Hall–Kier alpha value is -0.120. The zero-order chi connectivity index (χ0) is 13.9. The Morgan fingerprint density at radius 1 is 0.381 bits per heavy atom. The topological polar surface area (TPSA) is 9.72 Å². The molecular formula is C18H43N3. The van der Waals surface area contributed by atoms with Crippen LogP contribution in [0.4, 0.5) is 0 Å². The van der Waals surface area contributed by atoms with Crippen LogP contribution in [-0.2, 0) is 0 Å². The molecular weight excluding hydrogens is 258 g/mol. The van der Waals surface area contributed by atoms with E-state index < -0.39 is 0 Å². The van der Waals surface area contributed by atoms with Crippen LogP contribution in [-0.4, -0.2) is 75.1 Å². The largest absolute Gasteiger partial charge is 0.306 e. The van der Waals surface area contributed by atoms with Crippen molar-refractivity contribution in [2.45, 2.75) is 59.8 Å². The molecule has 3 rings (SSSR count). The molecule has 0 radical (unpaired) electrons. The second-order valence-electron chi connectivity index (χ2n) is 6.38. The van der Waals surface area contributed by atoms with Gasteiger partial charge in [-0.1, -0.05) is 21.3 Å². The smallest absolute Gasteiger partial charge is 0.00213 e. The number of nitrogens with zero attached hydrogens (tertiary/aromatic N) is 3. The number of hydrogen-bond donors (Lipinski definition) is 0. The zero-order valence-corrected chi connectivity index (χ0v) is 13.5. The summed E-state index contributed by atoms with van der Waals surface area (Å²) < 4.78 is 0. The van der Waals surface area contributed by atoms with E-state index in [2.05, 4.69) is 35.8 Å². The maximum Gasteiger partial charge on any atom is -0.00213 e. The highest BCUT2D eigenvalue weighted by Crippen LogP contribution is 2.04. The van der Waals surface area contributed by atoms with E-state index in [1.807, 2.05) is 0 Å². The maximum absolute atomic E-state index is 2.39. The van der Waals surface area contributed by atoms with Crippen LogP contribution in [0.3, 0.4) is 0 Å². The average Bonchev–Trinajstić information content (AvgIpc) is 3.05. The predicted molar refractivity (Wildman–Crippen MR) is 98.3 cm³/mol. The van der Waals surface area contributed by atoms with Crippen molar-refractivity contribution in [3.63, 3.8) is 0 Å². The van der Waals surface area contributed by atoms with E-state index in [4.69, 9.17) is 0 Å². The fourth-order valence-corrected chi connectivity index (χ4v) is 2.80. The molecule has 0 unspecified atom stereocenters. The van der Waals surface area contributed by atoms with Crippen LogP contribution in [0, 0.1) is 0 Å². The monoisotopic (exact) mass is 301 g/mol. The van der Waals surface area contributed by atoms with Crippen molar-refractivity contribution in [1.82, 2.24) is 14.7 Å². The lowest BCUT2D eigenvalue weighted by molar-refractivity contribution is 0.277. The molecule has 0 amide bonds. The van der Waals surface area contributed by atoms with E-state index in [1.54, 1.807) is 0 Å². The van der Waals surface area contributed by atoms with Gasteiger partial charge in [-0.2, -0.15) is 0 Å². The first-order chi connectivity index (χ1) is 9.18. The lowest BCUT2D eigenvalue weighted by Gasteiger charge is -2.20. The summed E-state index contributed by atoms with van der Waals surface area (Å²) in [7, 11) is 6.54. The summed E-state index contributed by atoms with van der Waals surface area (Å²) in [5.41, 5.74) is 0. The van der Waals surface area contributed by atoms with Crippen molar-refractivity contribution in [3.05, 3.63) is 0 Å². The maximum atomic E-state index is 2.39. The van der Waals surface area contributed by atoms with Gasteiger partial charge in [-0.25, -0.2) is 0 Å². The Morgan fingerprint density at radius 3 is 0.667 bits per heavy atom. The summed E-state index contributed by atoms with van der Waals surface area (Å²) in [5.74, 6) is 0. The van der Waals surface area contributed by atoms with Crippen LogP contribution in [0.15, 0.2) is 0 Å². The number of likely N-dealkylation sites (tertiary alicyclic amines) is 3. The van der Waals surface area contributed by atoms with E-state index >= 15 is 0 Å². The van der Waals surface area contributed by atoms with Crippen LogP contribution < -0.4 is 0 Å². The molecule has 0 atom stereocenters. The van der Waals surface area contributed by atoms with Gasteiger partial charge in [-0.3, -0.25) is 0 Å². The van der Waals surface area contributed by atoms with Gasteiger partial charge in [0.15, 0.2) is 0 Å². The molecule has 3 aliphatic rings. The van der Waals surface area contributed by atoms with Gasteiger partial charge in [0.1, 0.15) is 0 Å². The molecule has 0 aromatic carbocycles. The molecule has 0 N–H and O–H groups in total.